The molecule has 0 radical (unpaired) electrons. The van der Waals surface area contributed by atoms with Gasteiger partial charge in [0.1, 0.15) is 5.60 Å². The monoisotopic (exact) mass is 368 g/mol. The normalized spacial score (nSPS) is 11.8. The zero-order chi connectivity index (χ0) is 18.0. The lowest BCUT2D eigenvalue weighted by molar-refractivity contribution is -0.130. The van der Waals surface area contributed by atoms with Gasteiger partial charge in [0.25, 0.3) is 15.9 Å². The Morgan fingerprint density at radius 3 is 2.29 bits per heavy atom. The smallest absolute Gasteiger partial charge is 0.261 e. The van der Waals surface area contributed by atoms with Crippen molar-refractivity contribution in [1.82, 2.24) is 0 Å². The van der Waals surface area contributed by atoms with Crippen LogP contribution in [-0.2, 0) is 14.8 Å². The van der Waals surface area contributed by atoms with Crippen molar-refractivity contribution in [1.29, 1.82) is 0 Å². The highest BCUT2D eigenvalue weighted by atomic mass is 35.5. The SMILES string of the molecule is CC(C)(O)C(=O)Nc1ccc(NS(=O)(=O)c2ccccc2)cc1Cl. The molecule has 3 N–H and O–H groups in total. The van der Waals surface area contributed by atoms with Crippen LogP contribution in [-0.4, -0.2) is 25.0 Å². The molecule has 2 rings (SSSR count). The van der Waals surface area contributed by atoms with Crippen LogP contribution in [0.5, 0.6) is 0 Å². The number of carbonyl (C=O) groups excluding carboxylic acids is 1. The lowest BCUT2D eigenvalue weighted by atomic mass is 10.1. The molecule has 0 unspecified atom stereocenters. The fraction of sp³-hybridized carbons (Fsp3) is 0.188. The third kappa shape index (κ3) is 4.47. The molecule has 0 aliphatic rings. The molecule has 0 heterocycles. The fourth-order valence-electron chi connectivity index (χ4n) is 1.77. The Bertz CT molecular complexity index is 846. The Morgan fingerprint density at radius 2 is 1.75 bits per heavy atom. The van der Waals surface area contributed by atoms with Gasteiger partial charge in [-0.15, -0.1) is 0 Å². The second-order valence-electron chi connectivity index (χ2n) is 5.63. The molecule has 24 heavy (non-hydrogen) atoms. The zero-order valence-corrected chi connectivity index (χ0v) is 14.6. The standard InChI is InChI=1S/C16H17ClN2O4S/c1-16(2,21)15(20)18-14-9-8-11(10-13(14)17)19-24(22,23)12-6-4-3-5-7-12/h3-10,19,21H,1-2H3,(H,18,20). The van der Waals surface area contributed by atoms with Crippen LogP contribution in [0.2, 0.25) is 5.02 Å². The van der Waals surface area contributed by atoms with Crippen molar-refractivity contribution < 1.29 is 18.3 Å². The van der Waals surface area contributed by atoms with Crippen molar-refractivity contribution in [2.75, 3.05) is 10.0 Å². The van der Waals surface area contributed by atoms with Gasteiger partial charge >= 0.3 is 0 Å². The summed E-state index contributed by atoms with van der Waals surface area (Å²) in [6, 6.07) is 12.2. The summed E-state index contributed by atoms with van der Waals surface area (Å²) in [5, 5.41) is 12.2. The molecule has 1 amide bonds. The minimum atomic E-state index is -3.73. The van der Waals surface area contributed by atoms with Crippen LogP contribution in [0.3, 0.4) is 0 Å². The maximum absolute atomic E-state index is 12.3. The van der Waals surface area contributed by atoms with Gasteiger partial charge in [0.15, 0.2) is 0 Å². The highest BCUT2D eigenvalue weighted by Crippen LogP contribution is 2.27. The minimum absolute atomic E-state index is 0.125. The second-order valence-corrected chi connectivity index (χ2v) is 7.72. The Labute approximate surface area is 145 Å². The predicted octanol–water partition coefficient (Wildman–Crippen LogP) is 2.85. The molecule has 0 saturated carbocycles. The summed E-state index contributed by atoms with van der Waals surface area (Å²) in [5.41, 5.74) is -1.03. The maximum Gasteiger partial charge on any atom is 0.261 e. The number of aliphatic hydroxyl groups is 1. The molecule has 0 aromatic heterocycles. The number of halogens is 1. The van der Waals surface area contributed by atoms with E-state index in [1.807, 2.05) is 0 Å². The number of rotatable bonds is 5. The summed E-state index contributed by atoms with van der Waals surface area (Å²) in [5.74, 6) is -0.623. The van der Waals surface area contributed by atoms with Crippen molar-refractivity contribution in [3.05, 3.63) is 53.6 Å². The number of hydrogen-bond donors (Lipinski definition) is 3. The summed E-state index contributed by atoms with van der Waals surface area (Å²) in [7, 11) is -3.73. The maximum atomic E-state index is 12.3. The fourth-order valence-corrected chi connectivity index (χ4v) is 3.07. The molecule has 0 aliphatic carbocycles. The number of hydrogen-bond acceptors (Lipinski definition) is 4. The van der Waals surface area contributed by atoms with E-state index in [2.05, 4.69) is 10.0 Å². The number of amides is 1. The van der Waals surface area contributed by atoms with Crippen molar-refractivity contribution in [2.45, 2.75) is 24.3 Å². The molecular weight excluding hydrogens is 352 g/mol. The largest absolute Gasteiger partial charge is 0.381 e. The van der Waals surface area contributed by atoms with E-state index >= 15 is 0 Å². The van der Waals surface area contributed by atoms with Crippen molar-refractivity contribution in [2.24, 2.45) is 0 Å². The molecule has 0 atom stereocenters. The summed E-state index contributed by atoms with van der Waals surface area (Å²) in [6.07, 6.45) is 0. The highest BCUT2D eigenvalue weighted by Gasteiger charge is 2.24. The number of carbonyl (C=O) groups is 1. The van der Waals surface area contributed by atoms with Crippen molar-refractivity contribution in [3.63, 3.8) is 0 Å². The van der Waals surface area contributed by atoms with E-state index in [9.17, 15) is 18.3 Å². The van der Waals surface area contributed by atoms with E-state index in [1.54, 1.807) is 18.2 Å². The number of benzene rings is 2. The molecule has 128 valence electrons. The van der Waals surface area contributed by atoms with Crippen LogP contribution in [0.1, 0.15) is 13.8 Å². The molecule has 8 heteroatoms. The molecule has 2 aromatic carbocycles. The van der Waals surface area contributed by atoms with Crippen molar-refractivity contribution >= 4 is 38.9 Å². The van der Waals surface area contributed by atoms with Gasteiger partial charge in [-0.2, -0.15) is 0 Å². The molecule has 0 fully saturated rings. The van der Waals surface area contributed by atoms with Gasteiger partial charge in [-0.05, 0) is 44.2 Å². The average Bonchev–Trinajstić information content (AvgIpc) is 2.49. The van der Waals surface area contributed by atoms with Gasteiger partial charge in [0.05, 0.1) is 21.3 Å². The van der Waals surface area contributed by atoms with Crippen LogP contribution in [0, 0.1) is 0 Å². The molecule has 0 aliphatic heterocycles. The first-order valence-electron chi connectivity index (χ1n) is 7.01. The number of nitrogens with one attached hydrogen (secondary N) is 2. The minimum Gasteiger partial charge on any atom is -0.381 e. The van der Waals surface area contributed by atoms with Crippen LogP contribution in [0.25, 0.3) is 0 Å². The zero-order valence-electron chi connectivity index (χ0n) is 13.1. The van der Waals surface area contributed by atoms with Crippen LogP contribution in [0.15, 0.2) is 53.4 Å². The van der Waals surface area contributed by atoms with E-state index in [0.29, 0.717) is 0 Å². The lowest BCUT2D eigenvalue weighted by Gasteiger charge is -2.17. The van der Waals surface area contributed by atoms with Crippen LogP contribution in [0.4, 0.5) is 11.4 Å². The molecule has 2 aromatic rings. The van der Waals surface area contributed by atoms with Crippen LogP contribution < -0.4 is 10.0 Å². The lowest BCUT2D eigenvalue weighted by Crippen LogP contribution is -2.36. The molecular formula is C16H17ClN2O4S. The Kier molecular flexibility index (Phi) is 5.17. The first kappa shape index (κ1) is 18.3. The number of sulfonamides is 1. The topological polar surface area (TPSA) is 95.5 Å². The first-order chi connectivity index (χ1) is 11.1. The highest BCUT2D eigenvalue weighted by molar-refractivity contribution is 7.92. The Hall–Kier alpha value is -2.09. The summed E-state index contributed by atoms with van der Waals surface area (Å²) >= 11 is 6.07. The van der Waals surface area contributed by atoms with Gasteiger partial charge in [-0.1, -0.05) is 29.8 Å². The Balaban J connectivity index is 2.20. The second kappa shape index (κ2) is 6.80. The van der Waals surface area contributed by atoms with Gasteiger partial charge in [-0.25, -0.2) is 8.42 Å². The molecule has 0 bridgehead atoms. The summed E-state index contributed by atoms with van der Waals surface area (Å²) in [4.78, 5) is 11.9. The molecule has 6 nitrogen and oxygen atoms in total. The predicted molar refractivity (Wildman–Crippen MR) is 93.6 cm³/mol. The van der Waals surface area contributed by atoms with E-state index in [-0.39, 0.29) is 21.3 Å². The average molecular weight is 369 g/mol. The molecule has 0 spiro atoms. The first-order valence-corrected chi connectivity index (χ1v) is 8.87. The van der Waals surface area contributed by atoms with Crippen LogP contribution >= 0.6 is 11.6 Å². The quantitative estimate of drug-likeness (QED) is 0.756. The summed E-state index contributed by atoms with van der Waals surface area (Å²) < 4.78 is 26.9. The van der Waals surface area contributed by atoms with E-state index in [4.69, 9.17) is 11.6 Å². The van der Waals surface area contributed by atoms with Gasteiger partial charge in [0.2, 0.25) is 0 Å². The van der Waals surface area contributed by atoms with Gasteiger partial charge in [0, 0.05) is 0 Å². The molecule has 0 saturated heterocycles. The third-order valence-electron chi connectivity index (χ3n) is 3.08. The number of anilines is 2. The Morgan fingerprint density at radius 1 is 1.12 bits per heavy atom. The van der Waals surface area contributed by atoms with E-state index < -0.39 is 21.5 Å². The van der Waals surface area contributed by atoms with E-state index in [0.717, 1.165) is 0 Å². The summed E-state index contributed by atoms with van der Waals surface area (Å²) in [6.45, 7) is 2.69. The third-order valence-corrected chi connectivity index (χ3v) is 4.79. The van der Waals surface area contributed by atoms with Gasteiger partial charge < -0.3 is 10.4 Å². The van der Waals surface area contributed by atoms with E-state index in [1.165, 1.54) is 44.2 Å². The van der Waals surface area contributed by atoms with Gasteiger partial charge in [-0.3, -0.25) is 9.52 Å². The van der Waals surface area contributed by atoms with Crippen molar-refractivity contribution in [3.8, 4) is 0 Å².